The van der Waals surface area contributed by atoms with Gasteiger partial charge in [-0.1, -0.05) is 70.2 Å². The molecule has 2 aromatic carbocycles. The molecule has 2 aromatic heterocycles. The summed E-state index contributed by atoms with van der Waals surface area (Å²) < 4.78 is 3.29. The summed E-state index contributed by atoms with van der Waals surface area (Å²) in [6.45, 7) is 3.77. The van der Waals surface area contributed by atoms with Gasteiger partial charge in [0.15, 0.2) is 42.1 Å². The topological polar surface area (TPSA) is 210 Å². The average Bonchev–Trinajstić information content (AvgIpc) is 3.89. The highest BCUT2D eigenvalue weighted by Gasteiger charge is 2.35. The van der Waals surface area contributed by atoms with Crippen molar-refractivity contribution in [2.75, 3.05) is 34.4 Å². The first-order chi connectivity index (χ1) is 31.6. The van der Waals surface area contributed by atoms with Crippen LogP contribution in [0.1, 0.15) is 55.4 Å². The predicted molar refractivity (Wildman–Crippen MR) is 254 cm³/mol. The van der Waals surface area contributed by atoms with E-state index in [4.69, 9.17) is 0 Å². The molecule has 4 heterocycles. The van der Waals surface area contributed by atoms with E-state index < -0.39 is 42.0 Å². The van der Waals surface area contributed by atoms with E-state index in [1.165, 1.54) is 13.8 Å². The summed E-state index contributed by atoms with van der Waals surface area (Å²) >= 11 is 0. The SMILES string of the molecule is CC(=O)C1CC(O)CN1c1ccc(/C=C/c2cc[n+](CC(=O)CC(CSSCC(NC(=O)C[n+]3ccc(/C=C/c4ccc(N5CC(O)CC5C(C)=O)cc4)cc3)C(=O)O)C(=O)O)cc2)cc1. The molecule has 6 unspecified atom stereocenters. The third-order valence-electron chi connectivity index (χ3n) is 11.4. The Hall–Kier alpha value is -6.14. The van der Waals surface area contributed by atoms with Crippen molar-refractivity contribution < 1.29 is 58.3 Å². The van der Waals surface area contributed by atoms with Crippen molar-refractivity contribution in [2.45, 2.75) is 76.5 Å². The lowest BCUT2D eigenvalue weighted by Gasteiger charge is -2.24. The predicted octanol–water partition coefficient (Wildman–Crippen LogP) is 3.97. The molecular weight excluding hydrogens is 883 g/mol. The van der Waals surface area contributed by atoms with Crippen LogP contribution in [-0.4, -0.2) is 111 Å². The van der Waals surface area contributed by atoms with E-state index in [1.807, 2.05) is 107 Å². The van der Waals surface area contributed by atoms with Crippen LogP contribution in [0.2, 0.25) is 0 Å². The normalized spacial score (nSPS) is 19.3. The number of nitrogens with one attached hydrogen (secondary N) is 1. The largest absolute Gasteiger partial charge is 0.481 e. The Morgan fingerprint density at radius 3 is 1.44 bits per heavy atom. The average molecular weight is 938 g/mol. The summed E-state index contributed by atoms with van der Waals surface area (Å²) in [6.07, 6.45) is 14.2. The van der Waals surface area contributed by atoms with E-state index in [1.54, 1.807) is 33.9 Å². The Morgan fingerprint density at radius 2 is 1.03 bits per heavy atom. The summed E-state index contributed by atoms with van der Waals surface area (Å²) in [5, 5.41) is 42.3. The van der Waals surface area contributed by atoms with Gasteiger partial charge < -0.3 is 35.5 Å². The monoisotopic (exact) mass is 937 g/mol. The standard InChI is InChI=1S/C49H53N5O10S2/c1-32(55)45-24-42(58)27-53(45)39-11-7-34(8-12-39)3-5-36-15-19-51(20-16-36)26-41(57)23-38(48(61)62)30-65-66-31-44(49(63)64)50-47(60)29-52-21-17-37(18-22-52)6-4-35-9-13-40(14-10-35)54-28-43(59)25-46(54)33(2)56/h3-22,38,42-46,58-59H,23-31H2,1-2H3,(H-2,50,60,61,62,63,64)/p+2. The molecule has 5 N–H and O–H groups in total. The summed E-state index contributed by atoms with van der Waals surface area (Å²) in [6, 6.07) is 20.9. The molecule has 6 atom stereocenters. The number of rotatable bonds is 22. The highest BCUT2D eigenvalue weighted by molar-refractivity contribution is 8.76. The van der Waals surface area contributed by atoms with Crippen molar-refractivity contribution in [3.63, 3.8) is 0 Å². The molecule has 2 saturated heterocycles. The quantitative estimate of drug-likeness (QED) is 0.0430. The van der Waals surface area contributed by atoms with Gasteiger partial charge in [-0.05, 0) is 60.4 Å². The van der Waals surface area contributed by atoms with Gasteiger partial charge in [-0.25, -0.2) is 4.79 Å². The zero-order valence-corrected chi connectivity index (χ0v) is 38.4. The molecule has 0 saturated carbocycles. The number of ketones is 3. The number of aromatic nitrogens is 2. The van der Waals surface area contributed by atoms with E-state index in [9.17, 15) is 49.2 Å². The van der Waals surface area contributed by atoms with Crippen molar-refractivity contribution in [1.82, 2.24) is 5.32 Å². The number of anilines is 2. The smallest absolute Gasteiger partial charge is 0.327 e. The second kappa shape index (κ2) is 23.4. The van der Waals surface area contributed by atoms with Crippen LogP contribution in [0.3, 0.4) is 0 Å². The maximum absolute atomic E-state index is 12.9. The van der Waals surface area contributed by atoms with Crippen molar-refractivity contribution in [3.05, 3.63) is 120 Å². The van der Waals surface area contributed by atoms with Gasteiger partial charge in [0.1, 0.15) is 6.04 Å². The van der Waals surface area contributed by atoms with E-state index in [-0.39, 0.29) is 60.4 Å². The van der Waals surface area contributed by atoms with Gasteiger partial charge in [-0.15, -0.1) is 0 Å². The molecule has 66 heavy (non-hydrogen) atoms. The lowest BCUT2D eigenvalue weighted by molar-refractivity contribution is -0.684. The number of carbonyl (C=O) groups excluding carboxylic acids is 4. The van der Waals surface area contributed by atoms with Crippen molar-refractivity contribution in [2.24, 2.45) is 5.92 Å². The molecular formula is C49H55N5O10S2+2. The second-order valence-corrected chi connectivity index (χ2v) is 19.2. The van der Waals surface area contributed by atoms with Crippen LogP contribution < -0.4 is 24.3 Å². The lowest BCUT2D eigenvalue weighted by Crippen LogP contribution is -2.49. The summed E-state index contributed by atoms with van der Waals surface area (Å²) in [5.41, 5.74) is 5.39. The molecule has 2 aliphatic rings. The van der Waals surface area contributed by atoms with Gasteiger partial charge in [-0.2, -0.15) is 9.13 Å². The van der Waals surface area contributed by atoms with Crippen molar-refractivity contribution in [3.8, 4) is 0 Å². The molecule has 6 rings (SSSR count). The summed E-state index contributed by atoms with van der Waals surface area (Å²) in [7, 11) is 2.25. The zero-order valence-electron chi connectivity index (χ0n) is 36.7. The van der Waals surface area contributed by atoms with E-state index in [2.05, 4.69) is 5.32 Å². The number of β-amino-alcohol motifs (C(OH)–C–C–N with tert-alkyl or cyclic N) is 2. The van der Waals surface area contributed by atoms with Gasteiger partial charge in [0.25, 0.3) is 5.91 Å². The Kier molecular flexibility index (Phi) is 17.4. The number of carboxylic acid groups (broad SMARTS) is 2. The fourth-order valence-corrected chi connectivity index (χ4v) is 10.3. The molecule has 0 bridgehead atoms. The van der Waals surface area contributed by atoms with Crippen LogP contribution in [-0.2, 0) is 41.9 Å². The first kappa shape index (κ1) is 49.3. The molecule has 0 aliphatic carbocycles. The van der Waals surface area contributed by atoms with Crippen LogP contribution in [0.4, 0.5) is 11.4 Å². The maximum Gasteiger partial charge on any atom is 0.327 e. The number of carbonyl (C=O) groups is 6. The second-order valence-electron chi connectivity index (χ2n) is 16.6. The number of Topliss-reactive ketones (excluding diaryl/α,β-unsaturated/α-hetero) is 3. The molecule has 346 valence electrons. The van der Waals surface area contributed by atoms with Crippen molar-refractivity contribution in [1.29, 1.82) is 0 Å². The fraction of sp³-hybridized carbons (Fsp3) is 0.347. The van der Waals surface area contributed by atoms with Crippen molar-refractivity contribution >= 4 is 92.5 Å². The maximum atomic E-state index is 12.9. The minimum atomic E-state index is -1.23. The number of nitrogens with zero attached hydrogens (tertiary/aromatic N) is 4. The number of carboxylic acids is 2. The van der Waals surface area contributed by atoms with Crippen LogP contribution in [0.5, 0.6) is 0 Å². The highest BCUT2D eigenvalue weighted by atomic mass is 33.1. The molecule has 2 aliphatic heterocycles. The third kappa shape index (κ3) is 14.2. The minimum absolute atomic E-state index is 0.0177. The Balaban J connectivity index is 0.898. The Bertz CT molecular complexity index is 2240. The number of aliphatic carboxylic acids is 2. The molecule has 17 heteroatoms. The molecule has 0 spiro atoms. The Morgan fingerprint density at radius 1 is 0.621 bits per heavy atom. The minimum Gasteiger partial charge on any atom is -0.481 e. The number of aliphatic hydroxyl groups excluding tert-OH is 2. The first-order valence-corrected chi connectivity index (χ1v) is 24.1. The number of hydrogen-bond acceptors (Lipinski definition) is 12. The van der Waals surface area contributed by atoms with Crippen LogP contribution in [0, 0.1) is 5.92 Å². The highest BCUT2D eigenvalue weighted by Crippen LogP contribution is 2.29. The lowest BCUT2D eigenvalue weighted by atomic mass is 10.0. The third-order valence-corrected chi connectivity index (χ3v) is 13.9. The Labute approximate surface area is 391 Å². The number of amides is 1. The molecule has 0 radical (unpaired) electrons. The molecule has 1 amide bonds. The van der Waals surface area contributed by atoms with E-state index >= 15 is 0 Å². The number of pyridine rings is 2. The van der Waals surface area contributed by atoms with Gasteiger partial charge in [0.2, 0.25) is 13.1 Å². The van der Waals surface area contributed by atoms with Gasteiger partial charge in [0, 0.05) is 79.5 Å². The fourth-order valence-electron chi connectivity index (χ4n) is 7.87. The van der Waals surface area contributed by atoms with E-state index in [0.717, 1.165) is 55.2 Å². The number of hydrogen-bond donors (Lipinski definition) is 5. The van der Waals surface area contributed by atoms with Crippen LogP contribution >= 0.6 is 21.6 Å². The number of benzene rings is 2. The van der Waals surface area contributed by atoms with E-state index in [0.29, 0.717) is 25.9 Å². The van der Waals surface area contributed by atoms with Gasteiger partial charge in [0.05, 0.1) is 30.2 Å². The molecule has 4 aromatic rings. The van der Waals surface area contributed by atoms with Crippen LogP contribution in [0.15, 0.2) is 97.6 Å². The summed E-state index contributed by atoms with van der Waals surface area (Å²) in [5.74, 6) is -4.04. The molecule has 15 nitrogen and oxygen atoms in total. The summed E-state index contributed by atoms with van der Waals surface area (Å²) in [4.78, 5) is 77.7. The van der Waals surface area contributed by atoms with Crippen LogP contribution in [0.25, 0.3) is 24.3 Å². The first-order valence-electron chi connectivity index (χ1n) is 21.6. The number of aliphatic hydroxyl groups is 2. The molecule has 2 fully saturated rings. The van der Waals surface area contributed by atoms with Gasteiger partial charge >= 0.3 is 11.9 Å². The zero-order chi connectivity index (χ0) is 47.3. The van der Waals surface area contributed by atoms with Gasteiger partial charge in [-0.3, -0.25) is 24.0 Å².